The van der Waals surface area contributed by atoms with E-state index in [2.05, 4.69) is 22.5 Å². The Bertz CT molecular complexity index is 674. The van der Waals surface area contributed by atoms with Crippen molar-refractivity contribution in [3.05, 3.63) is 23.8 Å². The number of hydrogen-bond acceptors (Lipinski definition) is 4. The first kappa shape index (κ1) is 28.0. The van der Waals surface area contributed by atoms with Gasteiger partial charge in [-0.05, 0) is 51.7 Å². The lowest BCUT2D eigenvalue weighted by Crippen LogP contribution is -2.28. The van der Waals surface area contributed by atoms with Gasteiger partial charge in [0, 0.05) is 38.4 Å². The van der Waals surface area contributed by atoms with E-state index in [1.54, 1.807) is 6.07 Å². The average molecular weight is 447 g/mol. The van der Waals surface area contributed by atoms with Crippen LogP contribution in [-0.2, 0) is 4.79 Å². The Hall–Kier alpha value is -2.08. The summed E-state index contributed by atoms with van der Waals surface area (Å²) < 4.78 is 0. The largest absolute Gasteiger partial charge is 0.377 e. The number of nitrogens with one attached hydrogen (secondary N) is 2. The molecule has 0 aliphatic rings. The number of unbranched alkanes of at least 4 members (excludes halogenated alkanes) is 8. The lowest BCUT2D eigenvalue weighted by molar-refractivity contribution is -0.116. The van der Waals surface area contributed by atoms with Crippen LogP contribution in [0.3, 0.4) is 0 Å². The molecule has 1 rings (SSSR count). The minimum absolute atomic E-state index is 0.0166. The van der Waals surface area contributed by atoms with Crippen molar-refractivity contribution in [2.75, 3.05) is 51.5 Å². The van der Waals surface area contributed by atoms with Crippen molar-refractivity contribution in [3.63, 3.8) is 0 Å². The first-order chi connectivity index (χ1) is 15.3. The molecule has 2 N–H and O–H groups in total. The monoisotopic (exact) mass is 446 g/mol. The third-order valence-electron chi connectivity index (χ3n) is 5.58. The molecule has 32 heavy (non-hydrogen) atoms. The van der Waals surface area contributed by atoms with Gasteiger partial charge in [-0.15, -0.1) is 0 Å². The SMILES string of the molecule is CCCCCCCCCCCC(=O)Nc1ccc(N(C)C)c(C(=O)NCCCN(C)C)c1. The van der Waals surface area contributed by atoms with E-state index in [1.807, 2.05) is 45.2 Å². The quantitative estimate of drug-likeness (QED) is 0.319. The minimum Gasteiger partial charge on any atom is -0.377 e. The molecule has 0 aliphatic heterocycles. The third-order valence-corrected chi connectivity index (χ3v) is 5.58. The van der Waals surface area contributed by atoms with Crippen LogP contribution in [-0.4, -0.2) is 58.0 Å². The Morgan fingerprint density at radius 1 is 0.844 bits per heavy atom. The third kappa shape index (κ3) is 12.1. The summed E-state index contributed by atoms with van der Waals surface area (Å²) in [5.41, 5.74) is 2.10. The summed E-state index contributed by atoms with van der Waals surface area (Å²) in [4.78, 5) is 29.1. The van der Waals surface area contributed by atoms with Gasteiger partial charge in [0.05, 0.1) is 5.56 Å². The van der Waals surface area contributed by atoms with Crippen molar-refractivity contribution in [1.82, 2.24) is 10.2 Å². The predicted octanol–water partition coefficient (Wildman–Crippen LogP) is 5.29. The summed E-state index contributed by atoms with van der Waals surface area (Å²) in [6, 6.07) is 5.54. The van der Waals surface area contributed by atoms with Gasteiger partial charge in [-0.25, -0.2) is 0 Å². The maximum atomic E-state index is 12.7. The van der Waals surface area contributed by atoms with Crippen molar-refractivity contribution in [2.24, 2.45) is 0 Å². The fraction of sp³-hybridized carbons (Fsp3) is 0.692. The summed E-state index contributed by atoms with van der Waals surface area (Å²) in [6.07, 6.45) is 12.5. The van der Waals surface area contributed by atoms with Crippen molar-refractivity contribution < 1.29 is 9.59 Å². The van der Waals surface area contributed by atoms with Crippen molar-refractivity contribution in [1.29, 1.82) is 0 Å². The molecule has 0 aliphatic carbocycles. The minimum atomic E-state index is -0.109. The molecular weight excluding hydrogens is 400 g/mol. The highest BCUT2D eigenvalue weighted by atomic mass is 16.2. The van der Waals surface area contributed by atoms with E-state index in [9.17, 15) is 9.59 Å². The molecule has 6 heteroatoms. The molecule has 0 saturated heterocycles. The number of nitrogens with zero attached hydrogens (tertiary/aromatic N) is 2. The van der Waals surface area contributed by atoms with E-state index in [4.69, 9.17) is 0 Å². The van der Waals surface area contributed by atoms with Crippen LogP contribution in [0.5, 0.6) is 0 Å². The fourth-order valence-electron chi connectivity index (χ4n) is 3.70. The van der Waals surface area contributed by atoms with Gasteiger partial charge in [0.2, 0.25) is 5.91 Å². The molecule has 0 heterocycles. The van der Waals surface area contributed by atoms with Gasteiger partial charge in [-0.2, -0.15) is 0 Å². The maximum absolute atomic E-state index is 12.7. The highest BCUT2D eigenvalue weighted by molar-refractivity contribution is 6.02. The molecule has 6 nitrogen and oxygen atoms in total. The Morgan fingerprint density at radius 3 is 2.06 bits per heavy atom. The Labute approximate surface area is 196 Å². The molecule has 0 spiro atoms. The van der Waals surface area contributed by atoms with E-state index < -0.39 is 0 Å². The first-order valence-electron chi connectivity index (χ1n) is 12.4. The molecule has 0 fully saturated rings. The van der Waals surface area contributed by atoms with Crippen LogP contribution in [0.15, 0.2) is 18.2 Å². The predicted molar refractivity (Wildman–Crippen MR) is 137 cm³/mol. The molecule has 1 aromatic carbocycles. The molecule has 0 bridgehead atoms. The number of anilines is 2. The van der Waals surface area contributed by atoms with Gasteiger partial charge in [0.25, 0.3) is 5.91 Å². The van der Waals surface area contributed by atoms with Crippen LogP contribution in [0.25, 0.3) is 0 Å². The second-order valence-corrected chi connectivity index (χ2v) is 9.17. The number of amides is 2. The van der Waals surface area contributed by atoms with E-state index in [0.29, 0.717) is 24.2 Å². The second kappa shape index (κ2) is 16.5. The maximum Gasteiger partial charge on any atom is 0.253 e. The summed E-state index contributed by atoms with van der Waals surface area (Å²) in [6.45, 7) is 3.79. The number of carbonyl (C=O) groups is 2. The molecule has 0 atom stereocenters. The van der Waals surface area contributed by atoms with Gasteiger partial charge >= 0.3 is 0 Å². The molecular formula is C26H46N4O2. The summed E-state index contributed by atoms with van der Waals surface area (Å²) in [5.74, 6) is -0.0922. The highest BCUT2D eigenvalue weighted by Crippen LogP contribution is 2.23. The zero-order valence-electron chi connectivity index (χ0n) is 21.1. The summed E-state index contributed by atoms with van der Waals surface area (Å²) in [5, 5.41) is 5.96. The molecule has 0 saturated carbocycles. The normalized spacial score (nSPS) is 10.9. The zero-order valence-corrected chi connectivity index (χ0v) is 21.1. The van der Waals surface area contributed by atoms with Gasteiger partial charge in [0.1, 0.15) is 0 Å². The van der Waals surface area contributed by atoms with Crippen molar-refractivity contribution >= 4 is 23.2 Å². The molecule has 0 aromatic heterocycles. The van der Waals surface area contributed by atoms with Gasteiger partial charge in [-0.3, -0.25) is 9.59 Å². The topological polar surface area (TPSA) is 64.7 Å². The van der Waals surface area contributed by atoms with E-state index in [0.717, 1.165) is 31.5 Å². The van der Waals surface area contributed by atoms with Crippen molar-refractivity contribution in [2.45, 2.75) is 77.6 Å². The molecule has 0 unspecified atom stereocenters. The first-order valence-corrected chi connectivity index (χ1v) is 12.4. The zero-order chi connectivity index (χ0) is 23.8. The number of benzene rings is 1. The highest BCUT2D eigenvalue weighted by Gasteiger charge is 2.14. The van der Waals surface area contributed by atoms with E-state index >= 15 is 0 Å². The van der Waals surface area contributed by atoms with Gasteiger partial charge < -0.3 is 20.4 Å². The van der Waals surface area contributed by atoms with Crippen LogP contribution >= 0.6 is 0 Å². The second-order valence-electron chi connectivity index (χ2n) is 9.17. The van der Waals surface area contributed by atoms with Crippen LogP contribution in [0, 0.1) is 0 Å². The fourth-order valence-corrected chi connectivity index (χ4v) is 3.70. The number of rotatable bonds is 17. The molecule has 1 aromatic rings. The van der Waals surface area contributed by atoms with Crippen LogP contribution in [0.4, 0.5) is 11.4 Å². The van der Waals surface area contributed by atoms with E-state index in [1.165, 1.54) is 44.9 Å². The average Bonchev–Trinajstić information content (AvgIpc) is 2.75. The number of carbonyl (C=O) groups excluding carboxylic acids is 2. The smallest absolute Gasteiger partial charge is 0.253 e. The molecule has 2 amide bonds. The van der Waals surface area contributed by atoms with Crippen molar-refractivity contribution in [3.8, 4) is 0 Å². The van der Waals surface area contributed by atoms with Gasteiger partial charge in [-0.1, -0.05) is 58.3 Å². The number of hydrogen-bond donors (Lipinski definition) is 2. The van der Waals surface area contributed by atoms with Crippen LogP contribution < -0.4 is 15.5 Å². The van der Waals surface area contributed by atoms with Gasteiger partial charge in [0.15, 0.2) is 0 Å². The standard InChI is InChI=1S/C26H46N4O2/c1-6-7-8-9-10-11-12-13-14-16-25(31)28-22-17-18-24(30(4)5)23(21-22)26(32)27-19-15-20-29(2)3/h17-18,21H,6-16,19-20H2,1-5H3,(H,27,32)(H,28,31). The molecule has 0 radical (unpaired) electrons. The molecule has 182 valence electrons. The summed E-state index contributed by atoms with van der Waals surface area (Å²) >= 11 is 0. The van der Waals surface area contributed by atoms with Crippen LogP contribution in [0.1, 0.15) is 87.9 Å². The summed E-state index contributed by atoms with van der Waals surface area (Å²) in [7, 11) is 7.87. The van der Waals surface area contributed by atoms with E-state index in [-0.39, 0.29) is 11.8 Å². The van der Waals surface area contributed by atoms with Crippen LogP contribution in [0.2, 0.25) is 0 Å². The Morgan fingerprint density at radius 2 is 1.47 bits per heavy atom. The Balaban J connectivity index is 2.47. The lowest BCUT2D eigenvalue weighted by atomic mass is 10.1. The Kier molecular flexibility index (Phi) is 14.4. The lowest BCUT2D eigenvalue weighted by Gasteiger charge is -2.19.